The molecule has 2 rings (SSSR count). The van der Waals surface area contributed by atoms with Crippen LogP contribution in [0.25, 0.3) is 0 Å². The van der Waals surface area contributed by atoms with E-state index in [1.807, 2.05) is 0 Å². The van der Waals surface area contributed by atoms with E-state index < -0.39 is 0 Å². The number of hydrogen-bond acceptors (Lipinski definition) is 2. The average molecular weight is 154 g/mol. The van der Waals surface area contributed by atoms with E-state index in [-0.39, 0.29) is 17.4 Å². The van der Waals surface area contributed by atoms with Gasteiger partial charge in [-0.3, -0.25) is 4.79 Å². The van der Waals surface area contributed by atoms with E-state index in [1.54, 1.807) is 0 Å². The number of nitrogens with one attached hydrogen (secondary N) is 1. The van der Waals surface area contributed by atoms with Crippen molar-refractivity contribution < 1.29 is 4.79 Å². The lowest BCUT2D eigenvalue weighted by molar-refractivity contribution is -0.129. The smallest absolute Gasteiger partial charge is 0.220 e. The van der Waals surface area contributed by atoms with E-state index in [9.17, 15) is 4.79 Å². The SMILES string of the molecule is NC1CNC(=O)CC12CCC2. The molecule has 3 N–H and O–H groups in total. The van der Waals surface area contributed by atoms with Crippen LogP contribution in [0.1, 0.15) is 25.7 Å². The Hall–Kier alpha value is -0.570. The largest absolute Gasteiger partial charge is 0.355 e. The van der Waals surface area contributed by atoms with Gasteiger partial charge in [-0.15, -0.1) is 0 Å². The first kappa shape index (κ1) is 7.10. The Morgan fingerprint density at radius 3 is 2.73 bits per heavy atom. The van der Waals surface area contributed by atoms with Gasteiger partial charge in [-0.05, 0) is 18.3 Å². The Balaban J connectivity index is 2.10. The highest BCUT2D eigenvalue weighted by molar-refractivity contribution is 5.78. The first-order valence-electron chi connectivity index (χ1n) is 4.25. The number of piperidine rings is 1. The molecule has 0 aromatic carbocycles. The molecule has 62 valence electrons. The maximum Gasteiger partial charge on any atom is 0.220 e. The minimum Gasteiger partial charge on any atom is -0.355 e. The molecule has 0 aromatic rings. The summed E-state index contributed by atoms with van der Waals surface area (Å²) in [6.45, 7) is 0.679. The average Bonchev–Trinajstić information content (AvgIpc) is 1.91. The summed E-state index contributed by atoms with van der Waals surface area (Å²) in [4.78, 5) is 11.1. The highest BCUT2D eigenvalue weighted by Crippen LogP contribution is 2.47. The Bertz CT molecular complexity index is 187. The zero-order valence-corrected chi connectivity index (χ0v) is 6.60. The van der Waals surface area contributed by atoms with Crippen LogP contribution in [0.2, 0.25) is 0 Å². The molecule has 1 amide bonds. The normalized spacial score (nSPS) is 34.6. The quantitative estimate of drug-likeness (QED) is 0.516. The molecule has 1 spiro atoms. The summed E-state index contributed by atoms with van der Waals surface area (Å²) >= 11 is 0. The standard InChI is InChI=1S/C8H14N2O/c9-6-5-10-7(11)4-8(6)2-1-3-8/h6H,1-5,9H2,(H,10,11). The van der Waals surface area contributed by atoms with Gasteiger partial charge < -0.3 is 11.1 Å². The van der Waals surface area contributed by atoms with Gasteiger partial charge in [0.15, 0.2) is 0 Å². The van der Waals surface area contributed by atoms with E-state index in [4.69, 9.17) is 5.73 Å². The van der Waals surface area contributed by atoms with Crippen LogP contribution in [0.4, 0.5) is 0 Å². The van der Waals surface area contributed by atoms with Crippen molar-refractivity contribution in [2.45, 2.75) is 31.7 Å². The second-order valence-electron chi connectivity index (χ2n) is 3.80. The molecular weight excluding hydrogens is 140 g/mol. The van der Waals surface area contributed by atoms with Crippen molar-refractivity contribution in [3.8, 4) is 0 Å². The molecule has 1 aliphatic heterocycles. The number of amides is 1. The summed E-state index contributed by atoms with van der Waals surface area (Å²) in [5.74, 6) is 0.186. The number of carbonyl (C=O) groups excluding carboxylic acids is 1. The summed E-state index contributed by atoms with van der Waals surface area (Å²) in [6.07, 6.45) is 4.22. The molecule has 1 aliphatic carbocycles. The topological polar surface area (TPSA) is 55.1 Å². The van der Waals surface area contributed by atoms with Gasteiger partial charge in [0, 0.05) is 19.0 Å². The molecule has 3 heteroatoms. The molecule has 1 heterocycles. The zero-order valence-electron chi connectivity index (χ0n) is 6.60. The van der Waals surface area contributed by atoms with Crippen LogP contribution < -0.4 is 11.1 Å². The van der Waals surface area contributed by atoms with Gasteiger partial charge in [0.05, 0.1) is 0 Å². The predicted octanol–water partition coefficient (Wildman–Crippen LogP) is 0.00390. The number of carbonyl (C=O) groups is 1. The Morgan fingerprint density at radius 2 is 2.27 bits per heavy atom. The van der Waals surface area contributed by atoms with Crippen LogP contribution in [-0.2, 0) is 4.79 Å². The fourth-order valence-corrected chi connectivity index (χ4v) is 2.13. The van der Waals surface area contributed by atoms with Crippen LogP contribution in [0.15, 0.2) is 0 Å². The summed E-state index contributed by atoms with van der Waals surface area (Å²) in [5, 5.41) is 2.79. The Kier molecular flexibility index (Phi) is 1.42. The third kappa shape index (κ3) is 0.948. The molecule has 11 heavy (non-hydrogen) atoms. The van der Waals surface area contributed by atoms with Crippen LogP contribution >= 0.6 is 0 Å². The minimum absolute atomic E-state index is 0.186. The van der Waals surface area contributed by atoms with Crippen molar-refractivity contribution in [3.63, 3.8) is 0 Å². The first-order valence-corrected chi connectivity index (χ1v) is 4.25. The van der Waals surface area contributed by atoms with E-state index in [2.05, 4.69) is 5.32 Å². The van der Waals surface area contributed by atoms with Crippen LogP contribution in [0.5, 0.6) is 0 Å². The van der Waals surface area contributed by atoms with Crippen molar-refractivity contribution >= 4 is 5.91 Å². The third-order valence-corrected chi connectivity index (χ3v) is 3.17. The summed E-state index contributed by atoms with van der Waals surface area (Å²) in [6, 6.07) is 0.203. The van der Waals surface area contributed by atoms with Crippen molar-refractivity contribution in [2.24, 2.45) is 11.1 Å². The van der Waals surface area contributed by atoms with Crippen LogP contribution in [0.3, 0.4) is 0 Å². The van der Waals surface area contributed by atoms with Crippen molar-refractivity contribution in [2.75, 3.05) is 6.54 Å². The molecule has 3 nitrogen and oxygen atoms in total. The minimum atomic E-state index is 0.186. The van der Waals surface area contributed by atoms with Crippen molar-refractivity contribution in [3.05, 3.63) is 0 Å². The monoisotopic (exact) mass is 154 g/mol. The highest BCUT2D eigenvalue weighted by Gasteiger charge is 2.46. The van der Waals surface area contributed by atoms with Gasteiger partial charge >= 0.3 is 0 Å². The number of hydrogen-bond donors (Lipinski definition) is 2. The van der Waals surface area contributed by atoms with Gasteiger partial charge in [0.2, 0.25) is 5.91 Å². The maximum atomic E-state index is 11.1. The number of rotatable bonds is 0. The van der Waals surface area contributed by atoms with E-state index in [1.165, 1.54) is 6.42 Å². The molecule has 2 fully saturated rings. The van der Waals surface area contributed by atoms with Crippen LogP contribution in [0, 0.1) is 5.41 Å². The zero-order chi connectivity index (χ0) is 7.90. The summed E-state index contributed by atoms with van der Waals surface area (Å²) in [7, 11) is 0. The molecule has 1 saturated carbocycles. The number of nitrogens with two attached hydrogens (primary N) is 1. The third-order valence-electron chi connectivity index (χ3n) is 3.17. The Labute approximate surface area is 66.3 Å². The van der Waals surface area contributed by atoms with Gasteiger partial charge in [0.1, 0.15) is 0 Å². The molecule has 1 atom stereocenters. The molecule has 1 unspecified atom stereocenters. The fraction of sp³-hybridized carbons (Fsp3) is 0.875. The fourth-order valence-electron chi connectivity index (χ4n) is 2.13. The molecular formula is C8H14N2O. The second-order valence-corrected chi connectivity index (χ2v) is 3.80. The van der Waals surface area contributed by atoms with Crippen molar-refractivity contribution in [1.29, 1.82) is 0 Å². The van der Waals surface area contributed by atoms with E-state index >= 15 is 0 Å². The van der Waals surface area contributed by atoms with E-state index in [0.29, 0.717) is 13.0 Å². The molecule has 0 aromatic heterocycles. The van der Waals surface area contributed by atoms with E-state index in [0.717, 1.165) is 12.8 Å². The molecule has 0 radical (unpaired) electrons. The second kappa shape index (κ2) is 2.21. The van der Waals surface area contributed by atoms with Gasteiger partial charge in [-0.1, -0.05) is 6.42 Å². The molecule has 1 saturated heterocycles. The Morgan fingerprint density at radius 1 is 1.55 bits per heavy atom. The lowest BCUT2D eigenvalue weighted by Gasteiger charge is -2.48. The lowest BCUT2D eigenvalue weighted by Crippen LogP contribution is -2.58. The highest BCUT2D eigenvalue weighted by atomic mass is 16.1. The van der Waals surface area contributed by atoms with Gasteiger partial charge in [-0.25, -0.2) is 0 Å². The molecule has 2 aliphatic rings. The predicted molar refractivity (Wildman–Crippen MR) is 41.9 cm³/mol. The van der Waals surface area contributed by atoms with Crippen LogP contribution in [-0.4, -0.2) is 18.5 Å². The first-order chi connectivity index (χ1) is 5.23. The van der Waals surface area contributed by atoms with Crippen molar-refractivity contribution in [1.82, 2.24) is 5.32 Å². The van der Waals surface area contributed by atoms with Gasteiger partial charge in [-0.2, -0.15) is 0 Å². The summed E-state index contributed by atoms with van der Waals surface area (Å²) in [5.41, 5.74) is 6.12. The molecule has 0 bridgehead atoms. The lowest BCUT2D eigenvalue weighted by atomic mass is 9.61. The summed E-state index contributed by atoms with van der Waals surface area (Å²) < 4.78 is 0. The maximum absolute atomic E-state index is 11.1. The van der Waals surface area contributed by atoms with Gasteiger partial charge in [0.25, 0.3) is 0 Å².